The molecule has 130 valence electrons. The number of carbonyl (C=O) groups excluding carboxylic acids is 1. The Balaban J connectivity index is 1.35. The van der Waals surface area contributed by atoms with Gasteiger partial charge in [-0.05, 0) is 85.1 Å². The van der Waals surface area contributed by atoms with E-state index in [0.29, 0.717) is 11.8 Å². The number of aromatic nitrogens is 4. The third-order valence-corrected chi connectivity index (χ3v) is 6.65. The molecule has 7 heteroatoms. The van der Waals surface area contributed by atoms with Gasteiger partial charge >= 0.3 is 0 Å². The second-order valence-corrected chi connectivity index (χ2v) is 8.95. The molecule has 1 N–H and O–H groups in total. The zero-order chi connectivity index (χ0) is 17.1. The van der Waals surface area contributed by atoms with Crippen molar-refractivity contribution in [2.24, 2.45) is 17.3 Å². The summed E-state index contributed by atoms with van der Waals surface area (Å²) in [4.78, 5) is 13.0. The predicted octanol–water partition coefficient (Wildman–Crippen LogP) is 3.18. The minimum absolute atomic E-state index is 0.141. The summed E-state index contributed by atoms with van der Waals surface area (Å²) in [6.07, 6.45) is 7.77. The fourth-order valence-electron chi connectivity index (χ4n) is 5.66. The maximum atomic E-state index is 13.1. The highest BCUT2D eigenvalue weighted by Crippen LogP contribution is 2.64. The summed E-state index contributed by atoms with van der Waals surface area (Å²) in [7, 11) is 0. The van der Waals surface area contributed by atoms with Crippen molar-refractivity contribution < 1.29 is 4.79 Å². The van der Waals surface area contributed by atoms with Gasteiger partial charge in [0.2, 0.25) is 5.91 Å². The van der Waals surface area contributed by atoms with Gasteiger partial charge in [0.1, 0.15) is 6.33 Å². The molecule has 0 unspecified atom stereocenters. The van der Waals surface area contributed by atoms with Crippen LogP contribution in [0.4, 0.5) is 5.69 Å². The maximum Gasteiger partial charge on any atom is 0.230 e. The zero-order valence-corrected chi connectivity index (χ0v) is 14.6. The van der Waals surface area contributed by atoms with E-state index >= 15 is 0 Å². The molecule has 0 spiro atoms. The van der Waals surface area contributed by atoms with Gasteiger partial charge < -0.3 is 5.32 Å². The highest BCUT2D eigenvalue weighted by atomic mass is 35.5. The Morgan fingerprint density at radius 1 is 1.16 bits per heavy atom. The SMILES string of the molecule is O=C(Nc1ccc(-n2cnnn2)cc1)C12C[C@H]3C[C@@H](CC(Cl)(C3)C1)C2. The summed E-state index contributed by atoms with van der Waals surface area (Å²) in [5.74, 6) is 1.38. The van der Waals surface area contributed by atoms with Gasteiger partial charge in [0.25, 0.3) is 0 Å². The second-order valence-electron chi connectivity index (χ2n) is 8.15. The van der Waals surface area contributed by atoms with Gasteiger partial charge in [0, 0.05) is 10.6 Å². The van der Waals surface area contributed by atoms with Crippen LogP contribution in [0.5, 0.6) is 0 Å². The number of nitrogens with zero attached hydrogens (tertiary/aromatic N) is 4. The molecule has 0 saturated heterocycles. The number of hydrogen-bond acceptors (Lipinski definition) is 4. The fraction of sp³-hybridized carbons (Fsp3) is 0.556. The van der Waals surface area contributed by atoms with Crippen molar-refractivity contribution in [3.63, 3.8) is 0 Å². The highest BCUT2D eigenvalue weighted by molar-refractivity contribution is 6.24. The molecule has 1 aromatic carbocycles. The molecular weight excluding hydrogens is 338 g/mol. The number of carbonyl (C=O) groups is 1. The molecule has 4 saturated carbocycles. The minimum atomic E-state index is -0.277. The topological polar surface area (TPSA) is 72.7 Å². The van der Waals surface area contributed by atoms with Crippen LogP contribution in [0.15, 0.2) is 30.6 Å². The summed E-state index contributed by atoms with van der Waals surface area (Å²) >= 11 is 6.84. The smallest absolute Gasteiger partial charge is 0.230 e. The first-order valence-electron chi connectivity index (χ1n) is 8.88. The Morgan fingerprint density at radius 3 is 2.48 bits per heavy atom. The van der Waals surface area contributed by atoms with Gasteiger partial charge in [-0.15, -0.1) is 16.7 Å². The van der Waals surface area contributed by atoms with Gasteiger partial charge in [-0.3, -0.25) is 4.79 Å². The van der Waals surface area contributed by atoms with Crippen molar-refractivity contribution >= 4 is 23.2 Å². The average molecular weight is 358 g/mol. The van der Waals surface area contributed by atoms with E-state index in [2.05, 4.69) is 20.8 Å². The summed E-state index contributed by atoms with van der Waals surface area (Å²) in [5.41, 5.74) is 1.39. The largest absolute Gasteiger partial charge is 0.326 e. The molecule has 0 aliphatic heterocycles. The summed E-state index contributed by atoms with van der Waals surface area (Å²) in [5, 5.41) is 14.3. The van der Waals surface area contributed by atoms with E-state index < -0.39 is 0 Å². The van der Waals surface area contributed by atoms with Crippen molar-refractivity contribution in [2.75, 3.05) is 5.32 Å². The van der Waals surface area contributed by atoms with Crippen LogP contribution in [0.1, 0.15) is 38.5 Å². The normalized spacial score (nSPS) is 35.7. The highest BCUT2D eigenvalue weighted by Gasteiger charge is 2.60. The van der Waals surface area contributed by atoms with Crippen molar-refractivity contribution in [3.05, 3.63) is 30.6 Å². The van der Waals surface area contributed by atoms with Crippen LogP contribution in [0.2, 0.25) is 0 Å². The van der Waals surface area contributed by atoms with Crippen LogP contribution < -0.4 is 5.32 Å². The number of benzene rings is 1. The van der Waals surface area contributed by atoms with E-state index in [1.165, 1.54) is 6.42 Å². The van der Waals surface area contributed by atoms with Crippen LogP contribution in [0.3, 0.4) is 0 Å². The molecule has 4 aliphatic carbocycles. The second kappa shape index (κ2) is 5.27. The van der Waals surface area contributed by atoms with E-state index in [9.17, 15) is 4.79 Å². The van der Waals surface area contributed by atoms with E-state index in [4.69, 9.17) is 11.6 Å². The Bertz CT molecular complexity index is 789. The van der Waals surface area contributed by atoms with Gasteiger partial charge in [0.05, 0.1) is 11.1 Å². The van der Waals surface area contributed by atoms with Crippen LogP contribution in [-0.2, 0) is 4.79 Å². The van der Waals surface area contributed by atoms with Crippen molar-refractivity contribution in [3.8, 4) is 5.69 Å². The number of nitrogens with one attached hydrogen (secondary N) is 1. The molecule has 4 bridgehead atoms. The third kappa shape index (κ3) is 2.54. The average Bonchev–Trinajstić information content (AvgIpc) is 3.07. The van der Waals surface area contributed by atoms with E-state index in [1.807, 2.05) is 24.3 Å². The molecular formula is C18H20ClN5O. The van der Waals surface area contributed by atoms with Crippen LogP contribution in [-0.4, -0.2) is 31.0 Å². The van der Waals surface area contributed by atoms with Crippen LogP contribution >= 0.6 is 11.6 Å². The third-order valence-electron chi connectivity index (χ3n) is 6.21. The maximum absolute atomic E-state index is 13.1. The molecule has 6 rings (SSSR count). The van der Waals surface area contributed by atoms with Crippen molar-refractivity contribution in [1.82, 2.24) is 20.2 Å². The van der Waals surface area contributed by atoms with Crippen LogP contribution in [0.25, 0.3) is 5.69 Å². The first kappa shape index (κ1) is 15.3. The molecule has 1 aromatic heterocycles. The lowest BCUT2D eigenvalue weighted by atomic mass is 9.49. The van der Waals surface area contributed by atoms with E-state index in [0.717, 1.165) is 43.5 Å². The lowest BCUT2D eigenvalue weighted by molar-refractivity contribution is -0.138. The molecule has 1 heterocycles. The molecule has 2 atom stereocenters. The molecule has 6 nitrogen and oxygen atoms in total. The molecule has 2 aromatic rings. The molecule has 1 amide bonds. The monoisotopic (exact) mass is 357 g/mol. The van der Waals surface area contributed by atoms with Gasteiger partial charge in [-0.1, -0.05) is 0 Å². The predicted molar refractivity (Wildman–Crippen MR) is 93.5 cm³/mol. The number of alkyl halides is 1. The molecule has 25 heavy (non-hydrogen) atoms. The Hall–Kier alpha value is -1.95. The number of hydrogen-bond donors (Lipinski definition) is 1. The van der Waals surface area contributed by atoms with Crippen molar-refractivity contribution in [2.45, 2.75) is 43.4 Å². The van der Waals surface area contributed by atoms with Gasteiger partial charge in [0.15, 0.2) is 0 Å². The fourth-order valence-corrected chi connectivity index (χ4v) is 6.35. The number of tetrazole rings is 1. The first-order valence-corrected chi connectivity index (χ1v) is 9.25. The minimum Gasteiger partial charge on any atom is -0.326 e. The Morgan fingerprint density at radius 2 is 1.88 bits per heavy atom. The first-order chi connectivity index (χ1) is 12.0. The van der Waals surface area contributed by atoms with Crippen LogP contribution in [0, 0.1) is 17.3 Å². The molecule has 0 radical (unpaired) electrons. The summed E-state index contributed by atoms with van der Waals surface area (Å²) in [6.45, 7) is 0. The Labute approximate surface area is 150 Å². The number of rotatable bonds is 3. The lowest BCUT2D eigenvalue weighted by Gasteiger charge is -2.59. The van der Waals surface area contributed by atoms with E-state index in [-0.39, 0.29) is 16.2 Å². The lowest BCUT2D eigenvalue weighted by Crippen LogP contribution is -2.57. The zero-order valence-electron chi connectivity index (χ0n) is 13.9. The standard InChI is InChI=1S/C18H20ClN5O/c19-18-8-12-5-13(9-18)7-17(6-12,10-18)16(25)21-14-1-3-15(4-2-14)24-11-20-22-23-24/h1-4,11-13H,5-10H2,(H,21,25)/t12-,13-,17?,18?/m1/s1. The van der Waals surface area contributed by atoms with Crippen molar-refractivity contribution in [1.29, 1.82) is 0 Å². The number of amides is 1. The summed E-state index contributed by atoms with van der Waals surface area (Å²) in [6, 6.07) is 7.58. The quantitative estimate of drug-likeness (QED) is 0.856. The van der Waals surface area contributed by atoms with Gasteiger partial charge in [-0.25, -0.2) is 4.68 Å². The number of halogens is 1. The molecule has 4 aliphatic rings. The molecule has 4 fully saturated rings. The van der Waals surface area contributed by atoms with Gasteiger partial charge in [-0.2, -0.15) is 0 Å². The Kier molecular flexibility index (Phi) is 3.23. The summed E-state index contributed by atoms with van der Waals surface area (Å²) < 4.78 is 1.59. The number of anilines is 1. The van der Waals surface area contributed by atoms with E-state index in [1.54, 1.807) is 11.0 Å².